The molecule has 26 heavy (non-hydrogen) atoms. The lowest BCUT2D eigenvalue weighted by Crippen LogP contribution is -2.16. The van der Waals surface area contributed by atoms with Gasteiger partial charge in [-0.3, -0.25) is 0 Å². The van der Waals surface area contributed by atoms with Gasteiger partial charge in [0.25, 0.3) is 10.0 Å². The first-order chi connectivity index (χ1) is 12.1. The van der Waals surface area contributed by atoms with E-state index < -0.39 is 10.0 Å². The maximum Gasteiger partial charge on any atom is 0.283 e. The molecule has 1 heterocycles. The molecule has 4 nitrogen and oxygen atoms in total. The van der Waals surface area contributed by atoms with E-state index >= 15 is 0 Å². The molecule has 2 aromatic carbocycles. The van der Waals surface area contributed by atoms with E-state index in [-0.39, 0.29) is 10.3 Å². The van der Waals surface area contributed by atoms with Crippen molar-refractivity contribution in [3.05, 3.63) is 69.4 Å². The number of aromatic nitrogens is 2. The number of hydrogen-bond donors (Lipinski definition) is 0. The molecule has 0 spiro atoms. The third-order valence-corrected chi connectivity index (χ3v) is 6.65. The third-order valence-electron chi connectivity index (χ3n) is 4.26. The van der Waals surface area contributed by atoms with E-state index in [1.165, 1.54) is 5.56 Å². The lowest BCUT2D eigenvalue weighted by Gasteiger charge is -2.19. The second-order valence-corrected chi connectivity index (χ2v) is 10.3. The van der Waals surface area contributed by atoms with Crippen LogP contribution in [0.2, 0.25) is 0 Å². The fraction of sp³-hybridized carbons (Fsp3) is 0.250. The van der Waals surface area contributed by atoms with Crippen molar-refractivity contribution in [1.82, 2.24) is 9.19 Å². The molecule has 6 heteroatoms. The number of rotatable bonds is 3. The normalized spacial score (nSPS) is 12.3. The first-order valence-electron chi connectivity index (χ1n) is 8.27. The summed E-state index contributed by atoms with van der Waals surface area (Å²) in [5, 5.41) is 4.15. The van der Waals surface area contributed by atoms with Crippen molar-refractivity contribution in [3.63, 3.8) is 0 Å². The van der Waals surface area contributed by atoms with Crippen molar-refractivity contribution >= 4 is 32.6 Å². The predicted octanol–water partition coefficient (Wildman–Crippen LogP) is 5.00. The van der Waals surface area contributed by atoms with Gasteiger partial charge in [-0.25, -0.2) is 0 Å². The van der Waals surface area contributed by atoms with Crippen molar-refractivity contribution in [2.24, 2.45) is 0 Å². The Hall–Kier alpha value is -1.67. The zero-order valence-corrected chi connectivity index (χ0v) is 18.2. The van der Waals surface area contributed by atoms with Crippen molar-refractivity contribution in [2.45, 2.75) is 38.0 Å². The Morgan fingerprint density at radius 1 is 0.962 bits per heavy atom. The highest BCUT2D eigenvalue weighted by Crippen LogP contribution is 2.31. The highest BCUT2D eigenvalue weighted by Gasteiger charge is 2.24. The summed E-state index contributed by atoms with van der Waals surface area (Å²) in [5.74, 6) is 0. The van der Waals surface area contributed by atoms with E-state index in [2.05, 4.69) is 48.5 Å². The van der Waals surface area contributed by atoms with E-state index in [0.29, 0.717) is 5.69 Å². The van der Waals surface area contributed by atoms with Gasteiger partial charge in [-0.2, -0.15) is 17.6 Å². The Labute approximate surface area is 168 Å². The summed E-state index contributed by atoms with van der Waals surface area (Å²) in [6.07, 6.45) is 1.58. The van der Waals surface area contributed by atoms with Crippen LogP contribution >= 0.6 is 22.6 Å². The van der Waals surface area contributed by atoms with Gasteiger partial charge in [0.1, 0.15) is 0 Å². The van der Waals surface area contributed by atoms with Crippen LogP contribution in [0.4, 0.5) is 0 Å². The lowest BCUT2D eigenvalue weighted by atomic mass is 9.86. The summed E-state index contributed by atoms with van der Waals surface area (Å²) < 4.78 is 28.1. The van der Waals surface area contributed by atoms with E-state index in [4.69, 9.17) is 0 Å². The van der Waals surface area contributed by atoms with Crippen molar-refractivity contribution < 1.29 is 8.42 Å². The molecular formula is C20H21IN2O2S. The van der Waals surface area contributed by atoms with Crippen LogP contribution in [-0.4, -0.2) is 17.6 Å². The van der Waals surface area contributed by atoms with Gasteiger partial charge >= 0.3 is 0 Å². The molecule has 0 fully saturated rings. The van der Waals surface area contributed by atoms with E-state index in [1.807, 2.05) is 31.2 Å². The summed E-state index contributed by atoms with van der Waals surface area (Å²) in [5.41, 5.74) is 3.67. The number of aryl methyl sites for hydroxylation is 1. The Bertz CT molecular complexity index is 1030. The van der Waals surface area contributed by atoms with Crippen molar-refractivity contribution in [1.29, 1.82) is 0 Å². The summed E-state index contributed by atoms with van der Waals surface area (Å²) >= 11 is 2.13. The van der Waals surface area contributed by atoms with Gasteiger partial charge in [0, 0.05) is 5.56 Å². The molecule has 0 aliphatic heterocycles. The molecule has 136 valence electrons. The monoisotopic (exact) mass is 480 g/mol. The zero-order valence-electron chi connectivity index (χ0n) is 15.2. The van der Waals surface area contributed by atoms with Gasteiger partial charge in [-0.05, 0) is 52.6 Å². The fourth-order valence-electron chi connectivity index (χ4n) is 2.68. The number of benzene rings is 2. The summed E-state index contributed by atoms with van der Waals surface area (Å²) in [6, 6.07) is 14.8. The molecule has 0 saturated carbocycles. The topological polar surface area (TPSA) is 52.0 Å². The molecule has 0 atom stereocenters. The fourth-order valence-corrected chi connectivity index (χ4v) is 4.81. The maximum atomic E-state index is 13.1. The third kappa shape index (κ3) is 3.57. The van der Waals surface area contributed by atoms with Crippen LogP contribution in [0, 0.1) is 10.5 Å². The van der Waals surface area contributed by atoms with Gasteiger partial charge in [0.05, 0.1) is 20.4 Å². The molecule has 0 amide bonds. The molecule has 0 aliphatic rings. The average Bonchev–Trinajstić information content (AvgIpc) is 2.97. The largest absolute Gasteiger partial charge is 0.283 e. The van der Waals surface area contributed by atoms with Crippen LogP contribution in [0.15, 0.2) is 59.6 Å². The van der Waals surface area contributed by atoms with Crippen LogP contribution < -0.4 is 0 Å². The van der Waals surface area contributed by atoms with Crippen LogP contribution in [0.25, 0.3) is 11.3 Å². The van der Waals surface area contributed by atoms with Crippen molar-refractivity contribution in [2.75, 3.05) is 0 Å². The van der Waals surface area contributed by atoms with Crippen LogP contribution in [0.3, 0.4) is 0 Å². The molecular weight excluding hydrogens is 459 g/mol. The van der Waals surface area contributed by atoms with Gasteiger partial charge in [0.15, 0.2) is 0 Å². The van der Waals surface area contributed by atoms with E-state index in [1.54, 1.807) is 30.5 Å². The Balaban J connectivity index is 2.11. The summed E-state index contributed by atoms with van der Waals surface area (Å²) in [4.78, 5) is 0.232. The molecule has 3 aromatic rings. The SMILES string of the molecule is Cc1ccc(S(=O)(=O)n2ncc(I)c2-c2ccc(C(C)(C)C)cc2)cc1. The minimum atomic E-state index is -3.75. The zero-order chi connectivity index (χ0) is 19.1. The van der Waals surface area contributed by atoms with Gasteiger partial charge in [-0.15, -0.1) is 0 Å². The standard InChI is InChI=1S/C20H21IN2O2S/c1-14-5-11-17(12-6-14)26(24,25)23-19(18(21)13-22-23)15-7-9-16(10-8-15)20(2,3)4/h5-13H,1-4H3. The smallest absolute Gasteiger partial charge is 0.199 e. The maximum absolute atomic E-state index is 13.1. The minimum absolute atomic E-state index is 0.0416. The molecule has 0 saturated heterocycles. The first-order valence-corrected chi connectivity index (χ1v) is 10.8. The molecule has 0 N–H and O–H groups in total. The lowest BCUT2D eigenvalue weighted by molar-refractivity contribution is 0.580. The molecule has 0 bridgehead atoms. The minimum Gasteiger partial charge on any atom is -0.199 e. The van der Waals surface area contributed by atoms with Gasteiger partial charge in [0.2, 0.25) is 0 Å². The van der Waals surface area contributed by atoms with Crippen LogP contribution in [-0.2, 0) is 15.4 Å². The molecule has 0 aliphatic carbocycles. The first kappa shape index (κ1) is 19.1. The second-order valence-electron chi connectivity index (χ2n) is 7.33. The molecule has 0 unspecified atom stereocenters. The van der Waals surface area contributed by atoms with Crippen molar-refractivity contribution in [3.8, 4) is 11.3 Å². The average molecular weight is 480 g/mol. The van der Waals surface area contributed by atoms with Gasteiger partial charge < -0.3 is 0 Å². The quantitative estimate of drug-likeness (QED) is 0.496. The number of nitrogens with zero attached hydrogens (tertiary/aromatic N) is 2. The van der Waals surface area contributed by atoms with E-state index in [0.717, 1.165) is 18.8 Å². The highest BCUT2D eigenvalue weighted by molar-refractivity contribution is 14.1. The summed E-state index contributed by atoms with van der Waals surface area (Å²) in [6.45, 7) is 8.38. The predicted molar refractivity (Wildman–Crippen MR) is 113 cm³/mol. The Morgan fingerprint density at radius 2 is 1.54 bits per heavy atom. The Morgan fingerprint density at radius 3 is 2.08 bits per heavy atom. The Kier molecular flexibility index (Phi) is 5.00. The molecule has 0 radical (unpaired) electrons. The molecule has 1 aromatic heterocycles. The van der Waals surface area contributed by atoms with Crippen LogP contribution in [0.5, 0.6) is 0 Å². The second kappa shape index (κ2) is 6.81. The number of halogens is 1. The van der Waals surface area contributed by atoms with Crippen LogP contribution in [0.1, 0.15) is 31.9 Å². The van der Waals surface area contributed by atoms with E-state index in [9.17, 15) is 8.42 Å². The number of hydrogen-bond acceptors (Lipinski definition) is 3. The van der Waals surface area contributed by atoms with Gasteiger partial charge in [-0.1, -0.05) is 62.7 Å². The highest BCUT2D eigenvalue weighted by atomic mass is 127. The molecule has 3 rings (SSSR count). The summed E-state index contributed by atoms with van der Waals surface area (Å²) in [7, 11) is -3.75.